The summed E-state index contributed by atoms with van der Waals surface area (Å²) in [5, 5.41) is 9.21. The number of thioether (sulfide) groups is 1. The zero-order valence-corrected chi connectivity index (χ0v) is 17.4. The molecule has 0 radical (unpaired) electrons. The van der Waals surface area contributed by atoms with Gasteiger partial charge in [0.2, 0.25) is 0 Å². The van der Waals surface area contributed by atoms with Gasteiger partial charge in [-0.15, -0.1) is 0 Å². The third kappa shape index (κ3) is 3.47. The molecule has 146 valence electrons. The molecule has 6 nitrogen and oxygen atoms in total. The first-order chi connectivity index (χ1) is 13.1. The minimum Gasteiger partial charge on any atom is -0.478 e. The number of amides is 2. The summed E-state index contributed by atoms with van der Waals surface area (Å²) >= 11 is 6.90. The van der Waals surface area contributed by atoms with Crippen molar-refractivity contribution in [2.75, 3.05) is 0 Å². The van der Waals surface area contributed by atoms with Gasteiger partial charge in [0.25, 0.3) is 11.1 Å². The summed E-state index contributed by atoms with van der Waals surface area (Å²) in [7, 11) is 0. The summed E-state index contributed by atoms with van der Waals surface area (Å²) in [5.74, 6) is -1.40. The van der Waals surface area contributed by atoms with Gasteiger partial charge in [0.15, 0.2) is 0 Å². The van der Waals surface area contributed by atoms with Crippen LogP contribution in [0.1, 0.15) is 41.2 Å². The number of carbonyl (C=O) groups is 3. The number of aromatic carboxylic acids is 1. The van der Waals surface area contributed by atoms with Gasteiger partial charge >= 0.3 is 5.97 Å². The molecule has 2 aromatic rings. The largest absolute Gasteiger partial charge is 0.478 e. The number of aromatic nitrogens is 1. The second kappa shape index (κ2) is 7.48. The highest BCUT2D eigenvalue weighted by Gasteiger charge is 2.36. The number of nitrogens with zero attached hydrogens (tertiary/aromatic N) is 2. The Kier molecular flexibility index (Phi) is 5.41. The van der Waals surface area contributed by atoms with Crippen LogP contribution in [0.5, 0.6) is 0 Å². The van der Waals surface area contributed by atoms with E-state index in [4.69, 9.17) is 11.6 Å². The molecule has 0 atom stereocenters. The maximum atomic E-state index is 12.5. The van der Waals surface area contributed by atoms with Crippen LogP contribution in [0.15, 0.2) is 29.2 Å². The van der Waals surface area contributed by atoms with E-state index in [1.54, 1.807) is 32.1 Å². The van der Waals surface area contributed by atoms with Crippen LogP contribution in [0.3, 0.4) is 0 Å². The Morgan fingerprint density at radius 1 is 1.21 bits per heavy atom. The molecule has 1 aliphatic heterocycles. The smallest absolute Gasteiger partial charge is 0.337 e. The Balaban J connectivity index is 2.05. The molecule has 0 unspecified atom stereocenters. The topological polar surface area (TPSA) is 79.6 Å². The van der Waals surface area contributed by atoms with Crippen LogP contribution < -0.4 is 0 Å². The first kappa shape index (κ1) is 20.2. The van der Waals surface area contributed by atoms with Gasteiger partial charge in [0.05, 0.1) is 15.5 Å². The molecule has 8 heteroatoms. The van der Waals surface area contributed by atoms with Crippen molar-refractivity contribution < 1.29 is 19.5 Å². The lowest BCUT2D eigenvalue weighted by Crippen LogP contribution is -2.34. The zero-order valence-electron chi connectivity index (χ0n) is 15.8. The molecule has 0 spiro atoms. The average molecular weight is 419 g/mol. The van der Waals surface area contributed by atoms with Crippen LogP contribution in [-0.4, -0.2) is 37.7 Å². The predicted molar refractivity (Wildman–Crippen MR) is 110 cm³/mol. The fourth-order valence-corrected chi connectivity index (χ4v) is 4.36. The Morgan fingerprint density at radius 3 is 2.46 bits per heavy atom. The van der Waals surface area contributed by atoms with E-state index in [0.29, 0.717) is 10.6 Å². The lowest BCUT2D eigenvalue weighted by atomic mass is 10.2. The number of hydrogen-bond donors (Lipinski definition) is 1. The molecule has 28 heavy (non-hydrogen) atoms. The van der Waals surface area contributed by atoms with Crippen LogP contribution in [0, 0.1) is 13.8 Å². The van der Waals surface area contributed by atoms with Gasteiger partial charge in [-0.2, -0.15) is 0 Å². The number of halogens is 1. The summed E-state index contributed by atoms with van der Waals surface area (Å²) in [4.78, 5) is 37.6. The number of carboxylic acids is 1. The quantitative estimate of drug-likeness (QED) is 0.715. The van der Waals surface area contributed by atoms with Gasteiger partial charge in [0, 0.05) is 23.1 Å². The highest BCUT2D eigenvalue weighted by molar-refractivity contribution is 8.18. The van der Waals surface area contributed by atoms with Crippen molar-refractivity contribution in [2.45, 2.75) is 33.7 Å². The molecule has 2 heterocycles. The molecular formula is C20H19ClN2O4S. The van der Waals surface area contributed by atoms with Crippen LogP contribution in [0.4, 0.5) is 4.79 Å². The van der Waals surface area contributed by atoms with Crippen LogP contribution in [0.2, 0.25) is 5.02 Å². The summed E-state index contributed by atoms with van der Waals surface area (Å²) < 4.78 is 1.89. The maximum Gasteiger partial charge on any atom is 0.337 e. The maximum absolute atomic E-state index is 12.5. The minimum atomic E-state index is -1.10. The van der Waals surface area contributed by atoms with Gasteiger partial charge in [-0.1, -0.05) is 11.6 Å². The van der Waals surface area contributed by atoms with Crippen molar-refractivity contribution in [3.8, 4) is 5.69 Å². The Labute approximate surface area is 171 Å². The number of hydrogen-bond acceptors (Lipinski definition) is 4. The van der Waals surface area contributed by atoms with Gasteiger partial charge < -0.3 is 9.67 Å². The molecule has 0 saturated carbocycles. The third-order valence-corrected chi connectivity index (χ3v) is 5.75. The third-order valence-electron chi connectivity index (χ3n) is 4.54. The van der Waals surface area contributed by atoms with Crippen molar-refractivity contribution >= 4 is 46.6 Å². The minimum absolute atomic E-state index is 0.0197. The Hall–Kier alpha value is -2.51. The summed E-state index contributed by atoms with van der Waals surface area (Å²) in [6.45, 7) is 7.36. The molecule has 0 bridgehead atoms. The monoisotopic (exact) mass is 418 g/mol. The molecule has 1 fully saturated rings. The first-order valence-electron chi connectivity index (χ1n) is 8.61. The number of carboxylic acid groups (broad SMARTS) is 1. The summed E-state index contributed by atoms with van der Waals surface area (Å²) in [5.41, 5.74) is 3.16. The molecule has 1 aromatic heterocycles. The second-order valence-electron chi connectivity index (χ2n) is 6.78. The van der Waals surface area contributed by atoms with Crippen LogP contribution in [0.25, 0.3) is 11.8 Å². The van der Waals surface area contributed by atoms with E-state index in [1.807, 2.05) is 24.5 Å². The molecule has 1 aromatic carbocycles. The van der Waals surface area contributed by atoms with E-state index in [9.17, 15) is 19.5 Å². The van der Waals surface area contributed by atoms with Crippen molar-refractivity contribution in [2.24, 2.45) is 0 Å². The molecule has 1 aliphatic rings. The zero-order chi connectivity index (χ0) is 20.7. The van der Waals surface area contributed by atoms with Gasteiger partial charge in [-0.05, 0) is 75.4 Å². The summed E-state index contributed by atoms with van der Waals surface area (Å²) in [6, 6.07) is 6.50. The van der Waals surface area contributed by atoms with E-state index in [-0.39, 0.29) is 27.8 Å². The van der Waals surface area contributed by atoms with Crippen molar-refractivity contribution in [1.82, 2.24) is 9.47 Å². The lowest BCUT2D eigenvalue weighted by Gasteiger charge is -2.16. The van der Waals surface area contributed by atoms with E-state index in [2.05, 4.69) is 0 Å². The standard InChI is InChI=1S/C20H19ClN2O4S/c1-10(2)22-18(24)17(28-20(22)27)8-13-7-11(3)23(12(13)4)14-5-6-16(21)15(9-14)19(25)26/h5-10H,1-4H3,(H,25,26)/b17-8+. The number of benzene rings is 1. The molecular weight excluding hydrogens is 400 g/mol. The van der Waals surface area contributed by atoms with Crippen molar-refractivity contribution in [3.05, 3.63) is 56.7 Å². The lowest BCUT2D eigenvalue weighted by molar-refractivity contribution is -0.123. The number of rotatable bonds is 4. The van der Waals surface area contributed by atoms with Crippen LogP contribution in [-0.2, 0) is 4.79 Å². The van der Waals surface area contributed by atoms with Gasteiger partial charge in [0.1, 0.15) is 0 Å². The fraction of sp³-hybridized carbons (Fsp3) is 0.250. The van der Waals surface area contributed by atoms with Gasteiger partial charge in [-0.3, -0.25) is 14.5 Å². The second-order valence-corrected chi connectivity index (χ2v) is 8.18. The Morgan fingerprint density at radius 2 is 1.89 bits per heavy atom. The van der Waals surface area contributed by atoms with Crippen LogP contribution >= 0.6 is 23.4 Å². The van der Waals surface area contributed by atoms with E-state index in [0.717, 1.165) is 28.7 Å². The average Bonchev–Trinajstić information content (AvgIpc) is 3.04. The van der Waals surface area contributed by atoms with E-state index < -0.39 is 5.97 Å². The molecule has 1 saturated heterocycles. The SMILES string of the molecule is Cc1cc(/C=C2/SC(=O)N(C(C)C)C2=O)c(C)n1-c1ccc(Cl)c(C(=O)O)c1. The molecule has 0 aliphatic carbocycles. The predicted octanol–water partition coefficient (Wildman–Crippen LogP) is 4.89. The highest BCUT2D eigenvalue weighted by Crippen LogP contribution is 2.35. The summed E-state index contributed by atoms with van der Waals surface area (Å²) in [6.07, 6.45) is 1.71. The number of aryl methyl sites for hydroxylation is 1. The number of imide groups is 1. The fourth-order valence-electron chi connectivity index (χ4n) is 3.21. The normalized spacial score (nSPS) is 15.9. The molecule has 3 rings (SSSR count). The Bertz CT molecular complexity index is 1040. The molecule has 2 amide bonds. The first-order valence-corrected chi connectivity index (χ1v) is 9.80. The highest BCUT2D eigenvalue weighted by atomic mass is 35.5. The van der Waals surface area contributed by atoms with Crippen molar-refractivity contribution in [1.29, 1.82) is 0 Å². The molecule has 1 N–H and O–H groups in total. The van der Waals surface area contributed by atoms with Crippen molar-refractivity contribution in [3.63, 3.8) is 0 Å². The number of carbonyl (C=O) groups excluding carboxylic acids is 2. The van der Waals surface area contributed by atoms with Gasteiger partial charge in [-0.25, -0.2) is 4.79 Å². The van der Waals surface area contributed by atoms with E-state index in [1.165, 1.54) is 11.0 Å². The van der Waals surface area contributed by atoms with E-state index >= 15 is 0 Å².